The number of aryl methyl sites for hydroxylation is 1. The van der Waals surface area contributed by atoms with E-state index in [4.69, 9.17) is 12.2 Å². The summed E-state index contributed by atoms with van der Waals surface area (Å²) in [5.41, 5.74) is 1.47. The van der Waals surface area contributed by atoms with Crippen molar-refractivity contribution in [1.29, 1.82) is 0 Å². The first-order valence-corrected chi connectivity index (χ1v) is 5.46. The van der Waals surface area contributed by atoms with Crippen LogP contribution in [0.1, 0.15) is 12.5 Å². The number of nitrogens with zero attached hydrogens (tertiary/aromatic N) is 2. The first-order valence-electron chi connectivity index (χ1n) is 5.05. The van der Waals surface area contributed by atoms with Gasteiger partial charge in [-0.1, -0.05) is 0 Å². The maximum atomic E-state index is 13.1. The highest BCUT2D eigenvalue weighted by molar-refractivity contribution is 7.71. The third-order valence-corrected chi connectivity index (χ3v) is 2.80. The van der Waals surface area contributed by atoms with Gasteiger partial charge in [0.15, 0.2) is 10.6 Å². The smallest absolute Gasteiger partial charge is 0.195 e. The molecule has 0 unspecified atom stereocenters. The largest absolute Gasteiger partial charge is 0.300 e. The summed E-state index contributed by atoms with van der Waals surface area (Å²) >= 11 is 5.10. The summed E-state index contributed by atoms with van der Waals surface area (Å²) in [7, 11) is 0. The van der Waals surface area contributed by atoms with Crippen LogP contribution in [0.3, 0.4) is 0 Å². The van der Waals surface area contributed by atoms with Crippen LogP contribution >= 0.6 is 12.2 Å². The third-order valence-electron chi connectivity index (χ3n) is 2.49. The Hall–Kier alpha value is -1.49. The molecule has 2 aromatic rings. The van der Waals surface area contributed by atoms with E-state index < -0.39 is 0 Å². The van der Waals surface area contributed by atoms with E-state index in [9.17, 15) is 4.39 Å². The van der Waals surface area contributed by atoms with Crippen molar-refractivity contribution in [3.8, 4) is 11.4 Å². The maximum absolute atomic E-state index is 13.1. The van der Waals surface area contributed by atoms with Gasteiger partial charge in [0, 0.05) is 12.1 Å². The topological polar surface area (TPSA) is 33.6 Å². The summed E-state index contributed by atoms with van der Waals surface area (Å²) in [6.45, 7) is 4.46. The molecule has 1 aromatic carbocycles. The minimum absolute atomic E-state index is 0.207. The van der Waals surface area contributed by atoms with Crippen molar-refractivity contribution in [3.05, 3.63) is 34.4 Å². The van der Waals surface area contributed by atoms with E-state index in [-0.39, 0.29) is 5.82 Å². The van der Waals surface area contributed by atoms with Crippen LogP contribution in [0.25, 0.3) is 11.4 Å². The zero-order chi connectivity index (χ0) is 11.7. The molecule has 1 aromatic heterocycles. The van der Waals surface area contributed by atoms with Gasteiger partial charge in [-0.05, 0) is 49.8 Å². The summed E-state index contributed by atoms with van der Waals surface area (Å²) in [6, 6.07) is 4.92. The Morgan fingerprint density at radius 3 is 2.88 bits per heavy atom. The van der Waals surface area contributed by atoms with Gasteiger partial charge >= 0.3 is 0 Å². The van der Waals surface area contributed by atoms with Gasteiger partial charge in [0.25, 0.3) is 0 Å². The minimum Gasteiger partial charge on any atom is -0.300 e. The van der Waals surface area contributed by atoms with E-state index in [1.54, 1.807) is 19.1 Å². The van der Waals surface area contributed by atoms with Gasteiger partial charge < -0.3 is 4.57 Å². The predicted octanol–water partition coefficient (Wildman–Crippen LogP) is 3.08. The minimum atomic E-state index is -0.207. The lowest BCUT2D eigenvalue weighted by atomic mass is 10.1. The van der Waals surface area contributed by atoms with Crippen molar-refractivity contribution in [1.82, 2.24) is 14.8 Å². The molecule has 5 heteroatoms. The van der Waals surface area contributed by atoms with Crippen LogP contribution in [-0.2, 0) is 6.54 Å². The number of aromatic amines is 1. The van der Waals surface area contributed by atoms with Crippen LogP contribution in [0.2, 0.25) is 0 Å². The van der Waals surface area contributed by atoms with Crippen LogP contribution in [0.5, 0.6) is 0 Å². The molecule has 2 rings (SSSR count). The molecule has 0 aliphatic carbocycles. The Morgan fingerprint density at radius 2 is 2.25 bits per heavy atom. The molecule has 0 amide bonds. The van der Waals surface area contributed by atoms with Gasteiger partial charge in [0.2, 0.25) is 0 Å². The Bertz CT molecular complexity index is 571. The summed E-state index contributed by atoms with van der Waals surface area (Å²) in [4.78, 5) is 0. The molecule has 0 saturated heterocycles. The second-order valence-electron chi connectivity index (χ2n) is 3.56. The first-order chi connectivity index (χ1) is 7.63. The highest BCUT2D eigenvalue weighted by Gasteiger charge is 2.08. The molecule has 0 aliphatic rings. The van der Waals surface area contributed by atoms with Gasteiger partial charge in [-0.3, -0.25) is 5.10 Å². The van der Waals surface area contributed by atoms with Crippen LogP contribution in [-0.4, -0.2) is 14.8 Å². The number of hydrogen-bond donors (Lipinski definition) is 1. The summed E-state index contributed by atoms with van der Waals surface area (Å²) < 4.78 is 15.6. The Labute approximate surface area is 97.9 Å². The molecule has 0 bridgehead atoms. The van der Waals surface area contributed by atoms with E-state index in [2.05, 4.69) is 10.2 Å². The number of H-pyrrole nitrogens is 1. The van der Waals surface area contributed by atoms with E-state index in [1.165, 1.54) is 6.07 Å². The van der Waals surface area contributed by atoms with Gasteiger partial charge in [-0.15, -0.1) is 0 Å². The van der Waals surface area contributed by atoms with Gasteiger partial charge in [-0.25, -0.2) is 4.39 Å². The predicted molar refractivity (Wildman–Crippen MR) is 63.2 cm³/mol. The van der Waals surface area contributed by atoms with Crippen LogP contribution in [0.4, 0.5) is 4.39 Å². The molecule has 0 spiro atoms. The third kappa shape index (κ3) is 1.78. The number of hydrogen-bond acceptors (Lipinski definition) is 2. The Balaban J connectivity index is 2.58. The Morgan fingerprint density at radius 1 is 1.50 bits per heavy atom. The fourth-order valence-electron chi connectivity index (χ4n) is 1.62. The summed E-state index contributed by atoms with van der Waals surface area (Å²) in [5, 5.41) is 6.89. The highest BCUT2D eigenvalue weighted by Crippen LogP contribution is 2.20. The monoisotopic (exact) mass is 237 g/mol. The van der Waals surface area contributed by atoms with Gasteiger partial charge in [-0.2, -0.15) is 5.10 Å². The molecular weight excluding hydrogens is 225 g/mol. The summed E-state index contributed by atoms with van der Waals surface area (Å²) in [6.07, 6.45) is 0. The maximum Gasteiger partial charge on any atom is 0.195 e. The molecule has 0 atom stereocenters. The number of halogens is 1. The van der Waals surface area contributed by atoms with Crippen molar-refractivity contribution in [2.45, 2.75) is 20.4 Å². The fraction of sp³-hybridized carbons (Fsp3) is 0.273. The molecule has 1 heterocycles. The second-order valence-corrected chi connectivity index (χ2v) is 3.95. The van der Waals surface area contributed by atoms with Crippen molar-refractivity contribution < 1.29 is 4.39 Å². The average molecular weight is 237 g/mol. The number of nitrogens with one attached hydrogen (secondary N) is 1. The molecule has 84 valence electrons. The average Bonchev–Trinajstić information content (AvgIpc) is 2.63. The van der Waals surface area contributed by atoms with E-state index in [0.717, 1.165) is 17.9 Å². The second kappa shape index (κ2) is 4.17. The molecule has 16 heavy (non-hydrogen) atoms. The normalized spacial score (nSPS) is 10.7. The van der Waals surface area contributed by atoms with Gasteiger partial charge in [0.05, 0.1) is 0 Å². The number of benzene rings is 1. The van der Waals surface area contributed by atoms with Gasteiger partial charge in [0.1, 0.15) is 5.82 Å². The molecule has 0 radical (unpaired) electrons. The SMILES string of the molecule is CCn1c(-c2ccc(F)c(C)c2)n[nH]c1=S. The Kier molecular flexibility index (Phi) is 2.87. The highest BCUT2D eigenvalue weighted by atomic mass is 32.1. The zero-order valence-electron chi connectivity index (χ0n) is 9.12. The van der Waals surface area contributed by atoms with E-state index in [0.29, 0.717) is 10.3 Å². The quantitative estimate of drug-likeness (QED) is 0.814. The first kappa shape index (κ1) is 11.0. The lowest BCUT2D eigenvalue weighted by Gasteiger charge is -2.04. The molecule has 0 saturated carbocycles. The van der Waals surface area contributed by atoms with Crippen LogP contribution in [0.15, 0.2) is 18.2 Å². The van der Waals surface area contributed by atoms with Crippen LogP contribution in [0, 0.1) is 17.5 Å². The molecule has 0 fully saturated rings. The van der Waals surface area contributed by atoms with E-state index in [1.807, 2.05) is 11.5 Å². The zero-order valence-corrected chi connectivity index (χ0v) is 9.94. The molecule has 1 N–H and O–H groups in total. The molecular formula is C11H12FN3S. The fourth-order valence-corrected chi connectivity index (χ4v) is 1.88. The van der Waals surface area contributed by atoms with E-state index >= 15 is 0 Å². The number of aromatic nitrogens is 3. The molecule has 3 nitrogen and oxygen atoms in total. The van der Waals surface area contributed by atoms with Crippen molar-refractivity contribution in [3.63, 3.8) is 0 Å². The number of rotatable bonds is 2. The summed E-state index contributed by atoms with van der Waals surface area (Å²) in [5.74, 6) is 0.538. The van der Waals surface area contributed by atoms with Crippen molar-refractivity contribution in [2.24, 2.45) is 0 Å². The van der Waals surface area contributed by atoms with Crippen molar-refractivity contribution >= 4 is 12.2 Å². The standard InChI is InChI=1S/C11H12FN3S/c1-3-15-10(13-14-11(15)16)8-4-5-9(12)7(2)6-8/h4-6H,3H2,1-2H3,(H,14,16). The lowest BCUT2D eigenvalue weighted by molar-refractivity contribution is 0.618. The molecule has 0 aliphatic heterocycles. The van der Waals surface area contributed by atoms with Crippen LogP contribution < -0.4 is 0 Å². The lowest BCUT2D eigenvalue weighted by Crippen LogP contribution is -1.98. The van der Waals surface area contributed by atoms with Crippen molar-refractivity contribution in [2.75, 3.05) is 0 Å².